The number of ether oxygens (including phenoxy) is 1. The standard InChI is InChI=1S/C16H13NO2/c1-19-9-17-14-5-3-2-4-11(14)13-8-12-10(6-15(13)17)7-16(12)18/h2-6,8H,7,9H2,1H3. The monoisotopic (exact) mass is 251 g/mol. The van der Waals surface area contributed by atoms with Crippen LogP contribution in [0.1, 0.15) is 15.9 Å². The SMILES string of the molecule is COCn1c2ccccc2c2cc3c(cc21)CC3=O. The Morgan fingerprint density at radius 3 is 2.79 bits per heavy atom. The topological polar surface area (TPSA) is 31.2 Å². The second-order valence-corrected chi connectivity index (χ2v) is 4.99. The van der Waals surface area contributed by atoms with Crippen LogP contribution < -0.4 is 0 Å². The Morgan fingerprint density at radius 2 is 2.00 bits per heavy atom. The van der Waals surface area contributed by atoms with E-state index in [1.807, 2.05) is 18.2 Å². The van der Waals surface area contributed by atoms with E-state index in [-0.39, 0.29) is 5.78 Å². The third-order valence-corrected chi connectivity index (χ3v) is 3.91. The Labute approximate surface area is 110 Å². The molecule has 3 nitrogen and oxygen atoms in total. The number of aromatic nitrogens is 1. The molecule has 2 aromatic carbocycles. The lowest BCUT2D eigenvalue weighted by molar-refractivity contribution is 0.0968. The molecular weight excluding hydrogens is 238 g/mol. The highest BCUT2D eigenvalue weighted by Gasteiger charge is 2.25. The van der Waals surface area contributed by atoms with E-state index in [0.717, 1.165) is 27.5 Å². The second-order valence-electron chi connectivity index (χ2n) is 4.99. The fraction of sp³-hybridized carbons (Fsp3) is 0.188. The van der Waals surface area contributed by atoms with Crippen LogP contribution in [-0.4, -0.2) is 17.5 Å². The van der Waals surface area contributed by atoms with Gasteiger partial charge in [0.2, 0.25) is 0 Å². The van der Waals surface area contributed by atoms with Gasteiger partial charge in [-0.25, -0.2) is 0 Å². The van der Waals surface area contributed by atoms with Gasteiger partial charge in [-0.1, -0.05) is 18.2 Å². The van der Waals surface area contributed by atoms with E-state index in [9.17, 15) is 4.79 Å². The van der Waals surface area contributed by atoms with Crippen LogP contribution in [0.3, 0.4) is 0 Å². The number of benzene rings is 2. The van der Waals surface area contributed by atoms with Gasteiger partial charge in [-0.2, -0.15) is 0 Å². The van der Waals surface area contributed by atoms with E-state index in [1.165, 1.54) is 5.39 Å². The first kappa shape index (κ1) is 10.8. The van der Waals surface area contributed by atoms with Gasteiger partial charge in [0.1, 0.15) is 6.73 Å². The van der Waals surface area contributed by atoms with E-state index < -0.39 is 0 Å². The number of nitrogens with zero attached hydrogens (tertiary/aromatic N) is 1. The van der Waals surface area contributed by atoms with Gasteiger partial charge in [-0.15, -0.1) is 0 Å². The molecule has 19 heavy (non-hydrogen) atoms. The quantitative estimate of drug-likeness (QED) is 0.700. The summed E-state index contributed by atoms with van der Waals surface area (Å²) in [5, 5.41) is 2.32. The molecule has 0 aliphatic heterocycles. The van der Waals surface area contributed by atoms with Crippen LogP contribution in [0.15, 0.2) is 36.4 Å². The summed E-state index contributed by atoms with van der Waals surface area (Å²) in [5.74, 6) is 0.250. The Balaban J connectivity index is 2.16. The first-order valence-electron chi connectivity index (χ1n) is 6.35. The summed E-state index contributed by atoms with van der Waals surface area (Å²) >= 11 is 0. The molecule has 3 heteroatoms. The van der Waals surface area contributed by atoms with Crippen LogP contribution in [-0.2, 0) is 17.9 Å². The van der Waals surface area contributed by atoms with Crippen LogP contribution in [0.4, 0.5) is 0 Å². The molecule has 1 aromatic heterocycles. The number of methoxy groups -OCH3 is 1. The summed E-state index contributed by atoms with van der Waals surface area (Å²) in [6.07, 6.45) is 0.569. The number of Topliss-reactive ketones (excluding diaryl/α,β-unsaturated/α-hetero) is 1. The molecule has 4 rings (SSSR count). The lowest BCUT2D eigenvalue weighted by atomic mass is 9.86. The third-order valence-electron chi connectivity index (χ3n) is 3.91. The van der Waals surface area contributed by atoms with E-state index in [1.54, 1.807) is 7.11 Å². The number of hydrogen-bond donors (Lipinski definition) is 0. The molecule has 0 unspecified atom stereocenters. The highest BCUT2D eigenvalue weighted by Crippen LogP contribution is 2.34. The van der Waals surface area contributed by atoms with Crippen molar-refractivity contribution in [3.05, 3.63) is 47.5 Å². The zero-order valence-electron chi connectivity index (χ0n) is 10.6. The lowest BCUT2D eigenvalue weighted by Gasteiger charge is -2.17. The Morgan fingerprint density at radius 1 is 1.16 bits per heavy atom. The van der Waals surface area contributed by atoms with Gasteiger partial charge in [0.25, 0.3) is 0 Å². The lowest BCUT2D eigenvalue weighted by Crippen LogP contribution is -2.18. The zero-order chi connectivity index (χ0) is 13.0. The average molecular weight is 251 g/mol. The second kappa shape index (κ2) is 3.68. The molecule has 94 valence electrons. The Bertz CT molecular complexity index is 829. The molecule has 0 saturated carbocycles. The van der Waals surface area contributed by atoms with Gasteiger partial charge in [0.15, 0.2) is 5.78 Å². The van der Waals surface area contributed by atoms with Crippen molar-refractivity contribution in [1.29, 1.82) is 0 Å². The fourth-order valence-corrected chi connectivity index (χ4v) is 2.97. The fourth-order valence-electron chi connectivity index (χ4n) is 2.97. The van der Waals surface area contributed by atoms with Crippen LogP contribution in [0.2, 0.25) is 0 Å². The number of para-hydroxylation sites is 1. The summed E-state index contributed by atoms with van der Waals surface area (Å²) in [7, 11) is 1.70. The largest absolute Gasteiger partial charge is 0.364 e. The van der Waals surface area contributed by atoms with Crippen molar-refractivity contribution in [2.45, 2.75) is 13.2 Å². The normalized spacial score (nSPS) is 13.8. The van der Waals surface area contributed by atoms with Crippen LogP contribution >= 0.6 is 0 Å². The summed E-state index contributed by atoms with van der Waals surface area (Å²) in [6.45, 7) is 0.525. The molecule has 0 atom stereocenters. The minimum Gasteiger partial charge on any atom is -0.364 e. The smallest absolute Gasteiger partial charge is 0.167 e. The Hall–Kier alpha value is -2.13. The number of fused-ring (bicyclic) bond motifs is 4. The molecule has 0 saturated heterocycles. The van der Waals surface area contributed by atoms with Crippen molar-refractivity contribution in [3.63, 3.8) is 0 Å². The highest BCUT2D eigenvalue weighted by atomic mass is 16.5. The first-order valence-corrected chi connectivity index (χ1v) is 6.35. The molecule has 0 spiro atoms. The predicted octanol–water partition coefficient (Wildman–Crippen LogP) is 3.14. The maximum atomic E-state index is 11.6. The van der Waals surface area contributed by atoms with E-state index in [4.69, 9.17) is 4.74 Å². The molecule has 0 amide bonds. The van der Waals surface area contributed by atoms with Gasteiger partial charge in [-0.3, -0.25) is 4.79 Å². The van der Waals surface area contributed by atoms with Crippen molar-refractivity contribution in [2.75, 3.05) is 7.11 Å². The Kier molecular flexibility index (Phi) is 2.09. The van der Waals surface area contributed by atoms with Crippen molar-refractivity contribution in [1.82, 2.24) is 4.57 Å². The number of carbonyl (C=O) groups is 1. The molecule has 0 radical (unpaired) electrons. The number of hydrogen-bond acceptors (Lipinski definition) is 2. The van der Waals surface area contributed by atoms with Crippen molar-refractivity contribution >= 4 is 27.6 Å². The van der Waals surface area contributed by atoms with Crippen LogP contribution in [0.5, 0.6) is 0 Å². The van der Waals surface area contributed by atoms with Gasteiger partial charge in [0.05, 0.1) is 11.0 Å². The number of rotatable bonds is 2. The minimum atomic E-state index is 0.250. The summed E-state index contributed by atoms with van der Waals surface area (Å²) < 4.78 is 7.47. The van der Waals surface area contributed by atoms with Crippen LogP contribution in [0, 0.1) is 0 Å². The first-order chi connectivity index (χ1) is 9.29. The van der Waals surface area contributed by atoms with E-state index in [2.05, 4.69) is 22.8 Å². The number of ketones is 1. The highest BCUT2D eigenvalue weighted by molar-refractivity contribution is 6.15. The molecule has 0 fully saturated rings. The van der Waals surface area contributed by atoms with Crippen LogP contribution in [0.25, 0.3) is 21.8 Å². The van der Waals surface area contributed by atoms with Gasteiger partial charge in [0, 0.05) is 29.9 Å². The maximum Gasteiger partial charge on any atom is 0.167 e. The third kappa shape index (κ3) is 1.33. The van der Waals surface area contributed by atoms with E-state index in [0.29, 0.717) is 13.2 Å². The summed E-state index contributed by atoms with van der Waals surface area (Å²) in [4.78, 5) is 11.6. The van der Waals surface area contributed by atoms with Gasteiger partial charge < -0.3 is 9.30 Å². The zero-order valence-corrected chi connectivity index (χ0v) is 10.6. The maximum absolute atomic E-state index is 11.6. The summed E-state index contributed by atoms with van der Waals surface area (Å²) in [5.41, 5.74) is 4.33. The van der Waals surface area contributed by atoms with Crippen molar-refractivity contribution in [2.24, 2.45) is 0 Å². The molecule has 1 aliphatic carbocycles. The molecule has 3 aromatic rings. The summed E-state index contributed by atoms with van der Waals surface area (Å²) in [6, 6.07) is 12.4. The molecular formula is C16H13NO2. The molecule has 0 bridgehead atoms. The van der Waals surface area contributed by atoms with E-state index >= 15 is 0 Å². The van der Waals surface area contributed by atoms with Crippen molar-refractivity contribution < 1.29 is 9.53 Å². The van der Waals surface area contributed by atoms with Crippen molar-refractivity contribution in [3.8, 4) is 0 Å². The predicted molar refractivity (Wildman–Crippen MR) is 74.5 cm³/mol. The average Bonchev–Trinajstić information content (AvgIpc) is 2.72. The van der Waals surface area contributed by atoms with Gasteiger partial charge >= 0.3 is 0 Å². The molecule has 1 heterocycles. The number of carbonyl (C=O) groups excluding carboxylic acids is 1. The van der Waals surface area contributed by atoms with Gasteiger partial charge in [-0.05, 0) is 23.8 Å². The minimum absolute atomic E-state index is 0.250. The molecule has 1 aliphatic rings. The molecule has 0 N–H and O–H groups in total.